The first-order valence-corrected chi connectivity index (χ1v) is 10.9. The summed E-state index contributed by atoms with van der Waals surface area (Å²) in [7, 11) is 0. The number of para-hydroxylation sites is 1. The molecule has 1 aromatic carbocycles. The van der Waals surface area contributed by atoms with Gasteiger partial charge in [-0.25, -0.2) is 4.79 Å². The normalized spacial score (nSPS) is 10.7. The number of amides is 2. The van der Waals surface area contributed by atoms with Crippen molar-refractivity contribution in [2.75, 3.05) is 18.0 Å². The van der Waals surface area contributed by atoms with Crippen LogP contribution in [0.2, 0.25) is 0 Å². The maximum Gasteiger partial charge on any atom is 0.321 e. The van der Waals surface area contributed by atoms with Gasteiger partial charge in [-0.15, -0.1) is 0 Å². The van der Waals surface area contributed by atoms with Gasteiger partial charge in [0, 0.05) is 18.8 Å². The number of carbonyl (C=O) groups is 1. The lowest BCUT2D eigenvalue weighted by molar-refractivity contribution is 0.246. The number of rotatable bonds is 15. The molecule has 0 heterocycles. The second-order valence-corrected chi connectivity index (χ2v) is 7.25. The lowest BCUT2D eigenvalue weighted by Gasteiger charge is -2.23. The number of benzene rings is 1. The van der Waals surface area contributed by atoms with Crippen molar-refractivity contribution < 1.29 is 4.79 Å². The average Bonchev–Trinajstić information content (AvgIpc) is 2.67. The minimum atomic E-state index is 0.0540. The highest BCUT2D eigenvalue weighted by atomic mass is 16.2. The van der Waals surface area contributed by atoms with Crippen molar-refractivity contribution in [1.82, 2.24) is 5.32 Å². The summed E-state index contributed by atoms with van der Waals surface area (Å²) in [6, 6.07) is 10.1. The Morgan fingerprint density at radius 2 is 1.31 bits per heavy atom. The summed E-state index contributed by atoms with van der Waals surface area (Å²) in [6.45, 7) is 6.07. The van der Waals surface area contributed by atoms with E-state index in [0.717, 1.165) is 31.6 Å². The van der Waals surface area contributed by atoms with Crippen LogP contribution in [0.3, 0.4) is 0 Å². The van der Waals surface area contributed by atoms with Crippen LogP contribution < -0.4 is 10.2 Å². The van der Waals surface area contributed by atoms with Crippen molar-refractivity contribution >= 4 is 11.7 Å². The van der Waals surface area contributed by atoms with E-state index in [0.29, 0.717) is 0 Å². The van der Waals surface area contributed by atoms with Crippen LogP contribution in [-0.4, -0.2) is 19.1 Å². The molecular formula is C23H40N2O. The zero-order valence-corrected chi connectivity index (χ0v) is 17.1. The maximum atomic E-state index is 12.7. The Kier molecular flexibility index (Phi) is 13.6. The van der Waals surface area contributed by atoms with Gasteiger partial charge in [0.15, 0.2) is 0 Å². The highest BCUT2D eigenvalue weighted by Crippen LogP contribution is 2.15. The minimum Gasteiger partial charge on any atom is -0.338 e. The first-order valence-electron chi connectivity index (χ1n) is 10.9. The fraction of sp³-hybridized carbons (Fsp3) is 0.696. The predicted octanol–water partition coefficient (Wildman–Crippen LogP) is 6.92. The summed E-state index contributed by atoms with van der Waals surface area (Å²) in [5.74, 6) is 0. The van der Waals surface area contributed by atoms with E-state index >= 15 is 0 Å². The molecule has 1 rings (SSSR count). The van der Waals surface area contributed by atoms with Crippen LogP contribution >= 0.6 is 0 Å². The lowest BCUT2D eigenvalue weighted by Crippen LogP contribution is -2.41. The van der Waals surface area contributed by atoms with E-state index < -0.39 is 0 Å². The number of hydrogen-bond acceptors (Lipinski definition) is 1. The molecule has 0 saturated heterocycles. The first-order chi connectivity index (χ1) is 12.8. The Morgan fingerprint density at radius 1 is 0.769 bits per heavy atom. The van der Waals surface area contributed by atoms with Gasteiger partial charge in [-0.2, -0.15) is 0 Å². The molecule has 0 aliphatic heterocycles. The number of carbonyl (C=O) groups excluding carboxylic acids is 1. The van der Waals surface area contributed by atoms with E-state index in [1.165, 1.54) is 64.2 Å². The molecule has 0 saturated carbocycles. The maximum absolute atomic E-state index is 12.7. The van der Waals surface area contributed by atoms with Gasteiger partial charge in [0.25, 0.3) is 0 Å². The number of nitrogens with one attached hydrogen (secondary N) is 1. The Bertz CT molecular complexity index is 447. The van der Waals surface area contributed by atoms with Gasteiger partial charge in [-0.05, 0) is 25.0 Å². The van der Waals surface area contributed by atoms with Gasteiger partial charge in [-0.1, -0.05) is 96.3 Å². The zero-order chi connectivity index (χ0) is 18.9. The minimum absolute atomic E-state index is 0.0540. The van der Waals surface area contributed by atoms with Crippen molar-refractivity contribution in [2.24, 2.45) is 0 Å². The van der Waals surface area contributed by atoms with E-state index in [4.69, 9.17) is 0 Å². The molecule has 0 aromatic heterocycles. The molecule has 0 aliphatic rings. The van der Waals surface area contributed by atoms with Gasteiger partial charge < -0.3 is 5.32 Å². The van der Waals surface area contributed by atoms with Crippen molar-refractivity contribution in [3.8, 4) is 0 Å². The average molecular weight is 361 g/mol. The van der Waals surface area contributed by atoms with Crippen molar-refractivity contribution in [2.45, 2.75) is 90.9 Å². The summed E-state index contributed by atoms with van der Waals surface area (Å²) in [5, 5.41) is 3.12. The molecule has 3 heteroatoms. The van der Waals surface area contributed by atoms with E-state index in [1.54, 1.807) is 0 Å². The van der Waals surface area contributed by atoms with E-state index in [1.807, 2.05) is 35.2 Å². The van der Waals surface area contributed by atoms with Crippen LogP contribution in [0.25, 0.3) is 0 Å². The van der Waals surface area contributed by atoms with Crippen LogP contribution in [0.15, 0.2) is 30.3 Å². The van der Waals surface area contributed by atoms with Gasteiger partial charge in [0.2, 0.25) is 0 Å². The third-order valence-corrected chi connectivity index (χ3v) is 4.85. The number of nitrogens with zero attached hydrogens (tertiary/aromatic N) is 1. The molecule has 2 amide bonds. The molecule has 3 nitrogen and oxygen atoms in total. The first kappa shape index (κ1) is 22.5. The van der Waals surface area contributed by atoms with Crippen molar-refractivity contribution in [3.63, 3.8) is 0 Å². The third-order valence-electron chi connectivity index (χ3n) is 4.85. The second-order valence-electron chi connectivity index (χ2n) is 7.25. The quantitative estimate of drug-likeness (QED) is 0.338. The summed E-state index contributed by atoms with van der Waals surface area (Å²) in [6.07, 6.45) is 14.9. The Hall–Kier alpha value is -1.51. The van der Waals surface area contributed by atoms with Crippen molar-refractivity contribution in [1.29, 1.82) is 0 Å². The molecule has 0 spiro atoms. The van der Waals surface area contributed by atoms with Gasteiger partial charge in [0.05, 0.1) is 0 Å². The number of anilines is 1. The molecule has 1 aromatic rings. The van der Waals surface area contributed by atoms with Gasteiger partial charge in [0.1, 0.15) is 0 Å². The number of unbranched alkanes of at least 4 members (excludes halogenated alkanes) is 10. The second kappa shape index (κ2) is 15.7. The molecule has 0 radical (unpaired) electrons. The zero-order valence-electron chi connectivity index (χ0n) is 17.1. The summed E-state index contributed by atoms with van der Waals surface area (Å²) in [4.78, 5) is 14.6. The fourth-order valence-corrected chi connectivity index (χ4v) is 3.20. The molecule has 0 unspecified atom stereocenters. The smallest absolute Gasteiger partial charge is 0.321 e. The van der Waals surface area contributed by atoms with E-state index in [9.17, 15) is 4.79 Å². The largest absolute Gasteiger partial charge is 0.338 e. The van der Waals surface area contributed by atoms with Gasteiger partial charge in [-0.3, -0.25) is 4.90 Å². The molecular weight excluding hydrogens is 320 g/mol. The standard InChI is InChI=1S/C23H40N2O/c1-3-5-7-9-11-16-20-24-23(26)25(22-18-14-13-15-19-22)21-17-12-10-8-6-4-2/h13-15,18-19H,3-12,16-17,20-21H2,1-2H3,(H,24,26). The highest BCUT2D eigenvalue weighted by Gasteiger charge is 2.14. The Balaban J connectivity index is 2.35. The van der Waals surface area contributed by atoms with Crippen molar-refractivity contribution in [3.05, 3.63) is 30.3 Å². The Labute approximate surface area is 161 Å². The molecule has 0 aliphatic carbocycles. The molecule has 0 bridgehead atoms. The lowest BCUT2D eigenvalue weighted by atomic mass is 10.1. The Morgan fingerprint density at radius 3 is 1.92 bits per heavy atom. The molecule has 0 fully saturated rings. The summed E-state index contributed by atoms with van der Waals surface area (Å²) < 4.78 is 0. The topological polar surface area (TPSA) is 32.3 Å². The van der Waals surface area contributed by atoms with E-state index in [2.05, 4.69) is 19.2 Å². The van der Waals surface area contributed by atoms with Crippen LogP contribution in [0, 0.1) is 0 Å². The number of hydrogen-bond donors (Lipinski definition) is 1. The third kappa shape index (κ3) is 10.5. The summed E-state index contributed by atoms with van der Waals surface area (Å²) in [5.41, 5.74) is 1.00. The van der Waals surface area contributed by atoms with Crippen LogP contribution in [-0.2, 0) is 0 Å². The monoisotopic (exact) mass is 360 g/mol. The summed E-state index contributed by atoms with van der Waals surface area (Å²) >= 11 is 0. The fourth-order valence-electron chi connectivity index (χ4n) is 3.20. The molecule has 26 heavy (non-hydrogen) atoms. The number of urea groups is 1. The van der Waals surface area contributed by atoms with E-state index in [-0.39, 0.29) is 6.03 Å². The molecule has 1 N–H and O–H groups in total. The molecule has 0 atom stereocenters. The van der Waals surface area contributed by atoms with Gasteiger partial charge >= 0.3 is 6.03 Å². The highest BCUT2D eigenvalue weighted by molar-refractivity contribution is 5.91. The predicted molar refractivity (Wildman–Crippen MR) is 114 cm³/mol. The SMILES string of the molecule is CCCCCCCCNC(=O)N(CCCCCCCC)c1ccccc1. The van der Waals surface area contributed by atoms with Crippen LogP contribution in [0.5, 0.6) is 0 Å². The van der Waals surface area contributed by atoms with Crippen LogP contribution in [0.1, 0.15) is 90.9 Å². The molecule has 148 valence electrons. The van der Waals surface area contributed by atoms with Crippen LogP contribution in [0.4, 0.5) is 10.5 Å².